The van der Waals surface area contributed by atoms with Crippen LogP contribution in [0.5, 0.6) is 0 Å². The quantitative estimate of drug-likeness (QED) is 0.741. The van der Waals surface area contributed by atoms with Gasteiger partial charge in [-0.15, -0.1) is 11.3 Å². The number of benzene rings is 1. The topological polar surface area (TPSA) is 97.1 Å². The Bertz CT molecular complexity index is 725. The summed E-state index contributed by atoms with van der Waals surface area (Å²) in [5.74, 6) is -0.609. The highest BCUT2D eigenvalue weighted by molar-refractivity contribution is 7.15. The van der Waals surface area contributed by atoms with Crippen LogP contribution in [-0.4, -0.2) is 29.9 Å². The van der Waals surface area contributed by atoms with E-state index in [9.17, 15) is 9.59 Å². The number of carbonyl (C=O) groups excluding carboxylic acids is 2. The molecule has 4 N–H and O–H groups in total. The number of rotatable bonds is 6. The maximum absolute atomic E-state index is 11.9. The fourth-order valence-electron chi connectivity index (χ4n) is 2.24. The van der Waals surface area contributed by atoms with Crippen LogP contribution in [0.1, 0.15) is 29.1 Å². The van der Waals surface area contributed by atoms with Crippen LogP contribution in [-0.2, 0) is 9.59 Å². The van der Waals surface area contributed by atoms with Gasteiger partial charge in [0, 0.05) is 5.56 Å². The summed E-state index contributed by atoms with van der Waals surface area (Å²) < 4.78 is 0. The largest absolute Gasteiger partial charge is 0.347 e. The molecule has 0 saturated carbocycles. The highest BCUT2D eigenvalue weighted by Gasteiger charge is 2.17. The molecule has 2 amide bonds. The molecule has 0 aliphatic heterocycles. The van der Waals surface area contributed by atoms with Crippen LogP contribution in [0.2, 0.25) is 0 Å². The Labute approximate surface area is 145 Å². The van der Waals surface area contributed by atoms with E-state index in [0.717, 1.165) is 21.1 Å². The molecule has 1 heterocycles. The summed E-state index contributed by atoms with van der Waals surface area (Å²) >= 11 is 1.56. The van der Waals surface area contributed by atoms with E-state index >= 15 is 0 Å². The Kier molecular flexibility index (Phi) is 6.05. The molecule has 0 bridgehead atoms. The molecule has 0 saturated heterocycles. The maximum atomic E-state index is 11.9. The monoisotopic (exact) mass is 346 g/mol. The average Bonchev–Trinajstić information content (AvgIpc) is 2.95. The summed E-state index contributed by atoms with van der Waals surface area (Å²) in [4.78, 5) is 28.6. The van der Waals surface area contributed by atoms with Crippen molar-refractivity contribution < 1.29 is 9.59 Å². The first-order valence-corrected chi connectivity index (χ1v) is 8.53. The number of amides is 2. The van der Waals surface area contributed by atoms with Crippen molar-refractivity contribution in [2.24, 2.45) is 5.73 Å². The predicted molar refractivity (Wildman–Crippen MR) is 95.6 cm³/mol. The molecule has 24 heavy (non-hydrogen) atoms. The van der Waals surface area contributed by atoms with Crippen molar-refractivity contribution in [1.29, 1.82) is 0 Å². The van der Waals surface area contributed by atoms with E-state index in [0.29, 0.717) is 0 Å². The second kappa shape index (κ2) is 8.03. The normalized spacial score (nSPS) is 11.8. The summed E-state index contributed by atoms with van der Waals surface area (Å²) in [6, 6.07) is 8.02. The highest BCUT2D eigenvalue weighted by Crippen LogP contribution is 2.31. The molecule has 1 aromatic heterocycles. The smallest absolute Gasteiger partial charge is 0.239 e. The van der Waals surface area contributed by atoms with Crippen LogP contribution in [0.25, 0.3) is 10.6 Å². The van der Waals surface area contributed by atoms with Gasteiger partial charge < -0.3 is 16.4 Å². The third-order valence-corrected chi connectivity index (χ3v) is 4.92. The molecule has 0 spiro atoms. The third kappa shape index (κ3) is 4.62. The molecule has 7 heteroatoms. The van der Waals surface area contributed by atoms with Gasteiger partial charge in [0.2, 0.25) is 11.8 Å². The molecule has 0 fully saturated rings. The van der Waals surface area contributed by atoms with Gasteiger partial charge in [-0.2, -0.15) is 0 Å². The fraction of sp³-hybridized carbons (Fsp3) is 0.353. The van der Waals surface area contributed by atoms with Gasteiger partial charge >= 0.3 is 0 Å². The molecule has 0 aliphatic rings. The molecule has 2 aromatic rings. The first kappa shape index (κ1) is 18.1. The van der Waals surface area contributed by atoms with Crippen molar-refractivity contribution in [3.63, 3.8) is 0 Å². The molecular weight excluding hydrogens is 324 g/mol. The number of aryl methyl sites for hydroxylation is 2. The first-order chi connectivity index (χ1) is 11.4. The Morgan fingerprint density at radius 1 is 1.21 bits per heavy atom. The van der Waals surface area contributed by atoms with Crippen LogP contribution >= 0.6 is 11.3 Å². The zero-order valence-electron chi connectivity index (χ0n) is 14.1. The minimum absolute atomic E-state index is 0.0803. The van der Waals surface area contributed by atoms with Crippen molar-refractivity contribution in [3.05, 3.63) is 40.4 Å². The van der Waals surface area contributed by atoms with Gasteiger partial charge in [0.15, 0.2) is 0 Å². The van der Waals surface area contributed by atoms with Gasteiger partial charge in [0.25, 0.3) is 0 Å². The zero-order valence-corrected chi connectivity index (χ0v) is 14.9. The number of nitrogens with zero attached hydrogens (tertiary/aromatic N) is 1. The number of hydrogen-bond acceptors (Lipinski definition) is 5. The Hall–Kier alpha value is -2.25. The Balaban J connectivity index is 2.04. The number of nitrogens with two attached hydrogens (primary N) is 1. The van der Waals surface area contributed by atoms with Gasteiger partial charge in [-0.25, -0.2) is 4.98 Å². The van der Waals surface area contributed by atoms with E-state index in [1.54, 1.807) is 11.3 Å². The molecule has 128 valence electrons. The Morgan fingerprint density at radius 2 is 1.88 bits per heavy atom. The molecule has 0 radical (unpaired) electrons. The molecule has 1 aromatic carbocycles. The number of nitrogens with one attached hydrogen (secondary N) is 2. The van der Waals surface area contributed by atoms with E-state index in [1.807, 2.05) is 32.9 Å². The number of aromatic nitrogens is 1. The minimum atomic E-state index is -0.353. The zero-order chi connectivity index (χ0) is 17.7. The van der Waals surface area contributed by atoms with Crippen LogP contribution in [0.3, 0.4) is 0 Å². The van der Waals surface area contributed by atoms with Gasteiger partial charge in [-0.05, 0) is 20.8 Å². The lowest BCUT2D eigenvalue weighted by molar-refractivity contribution is -0.125. The van der Waals surface area contributed by atoms with Crippen molar-refractivity contribution >= 4 is 23.2 Å². The minimum Gasteiger partial charge on any atom is -0.347 e. The van der Waals surface area contributed by atoms with Crippen molar-refractivity contribution in [3.8, 4) is 10.6 Å². The standard InChI is InChI=1S/C17H22N4O2S/c1-10-4-6-13(7-5-10)17-21-12(3)16(24-17)11(2)20-15(23)9-19-14(22)8-18/h4-7,11H,8-9,18H2,1-3H3,(H,19,22)(H,20,23). The third-order valence-electron chi connectivity index (χ3n) is 3.53. The lowest BCUT2D eigenvalue weighted by Crippen LogP contribution is -2.40. The average molecular weight is 346 g/mol. The molecule has 1 atom stereocenters. The first-order valence-electron chi connectivity index (χ1n) is 7.71. The lowest BCUT2D eigenvalue weighted by Gasteiger charge is -2.13. The molecule has 6 nitrogen and oxygen atoms in total. The second-order valence-corrected chi connectivity index (χ2v) is 6.64. The van der Waals surface area contributed by atoms with Gasteiger partial charge in [0.05, 0.1) is 29.7 Å². The summed E-state index contributed by atoms with van der Waals surface area (Å²) in [6.45, 7) is 5.67. The van der Waals surface area contributed by atoms with E-state index in [2.05, 4.69) is 27.8 Å². The highest BCUT2D eigenvalue weighted by atomic mass is 32.1. The van der Waals surface area contributed by atoms with Crippen LogP contribution in [0.4, 0.5) is 0 Å². The van der Waals surface area contributed by atoms with Gasteiger partial charge in [-0.1, -0.05) is 29.8 Å². The van der Waals surface area contributed by atoms with Crippen molar-refractivity contribution in [2.45, 2.75) is 26.8 Å². The Morgan fingerprint density at radius 3 is 2.50 bits per heavy atom. The van der Waals surface area contributed by atoms with Crippen LogP contribution in [0.15, 0.2) is 24.3 Å². The summed E-state index contributed by atoms with van der Waals surface area (Å²) in [6.07, 6.45) is 0. The fourth-order valence-corrected chi connectivity index (χ4v) is 3.31. The van der Waals surface area contributed by atoms with E-state index in [1.165, 1.54) is 5.56 Å². The molecule has 2 rings (SSSR count). The SMILES string of the molecule is Cc1ccc(-c2nc(C)c(C(C)NC(=O)CNC(=O)CN)s2)cc1. The van der Waals surface area contributed by atoms with Crippen molar-refractivity contribution in [2.75, 3.05) is 13.1 Å². The van der Waals surface area contributed by atoms with Crippen molar-refractivity contribution in [1.82, 2.24) is 15.6 Å². The van der Waals surface area contributed by atoms with E-state index in [4.69, 9.17) is 5.73 Å². The summed E-state index contributed by atoms with van der Waals surface area (Å²) in [5, 5.41) is 6.25. The van der Waals surface area contributed by atoms with Crippen LogP contribution < -0.4 is 16.4 Å². The lowest BCUT2D eigenvalue weighted by atomic mass is 10.2. The van der Waals surface area contributed by atoms with E-state index in [-0.39, 0.29) is 30.9 Å². The molecule has 0 aliphatic carbocycles. The summed E-state index contributed by atoms with van der Waals surface area (Å²) in [5.41, 5.74) is 8.35. The number of carbonyl (C=O) groups is 2. The predicted octanol–water partition coefficient (Wildman–Crippen LogP) is 1.68. The summed E-state index contributed by atoms with van der Waals surface area (Å²) in [7, 11) is 0. The van der Waals surface area contributed by atoms with Gasteiger partial charge in [-0.3, -0.25) is 9.59 Å². The van der Waals surface area contributed by atoms with E-state index < -0.39 is 0 Å². The van der Waals surface area contributed by atoms with Crippen LogP contribution in [0, 0.1) is 13.8 Å². The van der Waals surface area contributed by atoms with Gasteiger partial charge in [0.1, 0.15) is 5.01 Å². The second-order valence-electron chi connectivity index (χ2n) is 5.60. The molecule has 1 unspecified atom stereocenters. The number of hydrogen-bond donors (Lipinski definition) is 3. The number of thiazole rings is 1. The maximum Gasteiger partial charge on any atom is 0.239 e. The molecular formula is C17H22N4O2S.